The van der Waals surface area contributed by atoms with Gasteiger partial charge in [-0.25, -0.2) is 23.1 Å². The molecule has 0 bridgehead atoms. The van der Waals surface area contributed by atoms with Crippen LogP contribution in [0.5, 0.6) is 11.6 Å². The molecule has 1 fully saturated rings. The van der Waals surface area contributed by atoms with Gasteiger partial charge in [0.1, 0.15) is 23.7 Å². The van der Waals surface area contributed by atoms with Crippen molar-refractivity contribution >= 4 is 27.2 Å². The van der Waals surface area contributed by atoms with E-state index in [1.165, 1.54) is 24.7 Å². The summed E-state index contributed by atoms with van der Waals surface area (Å²) in [5.41, 5.74) is 1.85. The molecule has 1 saturated heterocycles. The van der Waals surface area contributed by atoms with E-state index in [1.54, 1.807) is 18.3 Å². The van der Waals surface area contributed by atoms with Crippen molar-refractivity contribution in [2.24, 2.45) is 0 Å². The van der Waals surface area contributed by atoms with Crippen molar-refractivity contribution in [1.29, 1.82) is 0 Å². The summed E-state index contributed by atoms with van der Waals surface area (Å²) in [6.45, 7) is 1.70. The van der Waals surface area contributed by atoms with Crippen LogP contribution in [0.3, 0.4) is 0 Å². The number of sulfone groups is 1. The highest BCUT2D eigenvalue weighted by Crippen LogP contribution is 2.33. The summed E-state index contributed by atoms with van der Waals surface area (Å²) in [5.74, 6) is 0.844. The molecule has 10 heteroatoms. The van der Waals surface area contributed by atoms with Crippen LogP contribution >= 0.6 is 0 Å². The van der Waals surface area contributed by atoms with Crippen molar-refractivity contribution < 1.29 is 17.9 Å². The number of ether oxygens (including phenoxy) is 1. The summed E-state index contributed by atoms with van der Waals surface area (Å²) in [7, 11) is -3.28. The van der Waals surface area contributed by atoms with E-state index in [0.29, 0.717) is 29.1 Å². The molecule has 1 unspecified atom stereocenters. The molecule has 36 heavy (non-hydrogen) atoms. The standard InChI is InChI=1S/C26H27N5O4S/c1-36(33,34)22-9-7-21(8-10-22)35-26-23-17-29-31(25(23)27-18-28-26)20-11-14-30(15-12-20)24(13-16-32)19-5-3-2-4-6-19/h2-10,16-18,20,24H,11-15H2,1H3. The zero-order valence-corrected chi connectivity index (χ0v) is 20.7. The lowest BCUT2D eigenvalue weighted by atomic mass is 9.97. The van der Waals surface area contributed by atoms with Crippen LogP contribution in [0, 0.1) is 0 Å². The van der Waals surface area contributed by atoms with Crippen molar-refractivity contribution in [3.8, 4) is 11.6 Å². The predicted octanol–water partition coefficient (Wildman–Crippen LogP) is 3.99. The van der Waals surface area contributed by atoms with Gasteiger partial charge in [0.15, 0.2) is 15.5 Å². The second-order valence-corrected chi connectivity index (χ2v) is 11.0. The molecule has 9 nitrogen and oxygen atoms in total. The third-order valence-electron chi connectivity index (χ3n) is 6.61. The molecule has 1 atom stereocenters. The molecule has 186 valence electrons. The molecule has 3 heterocycles. The van der Waals surface area contributed by atoms with Gasteiger partial charge in [-0.05, 0) is 42.7 Å². The Labute approximate surface area is 209 Å². The maximum absolute atomic E-state index is 11.7. The number of hydrogen-bond acceptors (Lipinski definition) is 8. The van der Waals surface area contributed by atoms with Crippen LogP contribution in [-0.4, -0.2) is 58.7 Å². The van der Waals surface area contributed by atoms with Crippen molar-refractivity contribution in [3.05, 3.63) is 72.7 Å². The summed E-state index contributed by atoms with van der Waals surface area (Å²) in [4.78, 5) is 22.7. The van der Waals surface area contributed by atoms with Gasteiger partial charge in [-0.15, -0.1) is 0 Å². The molecule has 5 rings (SSSR count). The fourth-order valence-corrected chi connectivity index (χ4v) is 5.39. The molecule has 4 aromatic rings. The average Bonchev–Trinajstić information content (AvgIpc) is 3.33. The third-order valence-corrected chi connectivity index (χ3v) is 7.74. The smallest absolute Gasteiger partial charge is 0.233 e. The summed E-state index contributed by atoms with van der Waals surface area (Å²) < 4.78 is 31.3. The van der Waals surface area contributed by atoms with Crippen molar-refractivity contribution in [1.82, 2.24) is 24.6 Å². The third kappa shape index (κ3) is 5.00. The Balaban J connectivity index is 1.32. The number of carbonyl (C=O) groups excluding carboxylic acids is 1. The summed E-state index contributed by atoms with van der Waals surface area (Å²) in [6.07, 6.45) is 7.56. The van der Waals surface area contributed by atoms with Crippen LogP contribution in [0.4, 0.5) is 0 Å². The summed E-state index contributed by atoms with van der Waals surface area (Å²) in [6, 6.07) is 16.6. The molecule has 1 aliphatic rings. The minimum Gasteiger partial charge on any atom is -0.438 e. The maximum atomic E-state index is 11.7. The van der Waals surface area contributed by atoms with Gasteiger partial charge in [-0.1, -0.05) is 30.3 Å². The summed E-state index contributed by atoms with van der Waals surface area (Å²) >= 11 is 0. The van der Waals surface area contributed by atoms with Gasteiger partial charge in [0.25, 0.3) is 0 Å². The topological polar surface area (TPSA) is 107 Å². The van der Waals surface area contributed by atoms with Crippen molar-refractivity contribution in [3.63, 3.8) is 0 Å². The van der Waals surface area contributed by atoms with Crippen LogP contribution in [0.1, 0.15) is 36.9 Å². The van der Waals surface area contributed by atoms with E-state index in [1.807, 2.05) is 22.9 Å². The lowest BCUT2D eigenvalue weighted by Gasteiger charge is -2.37. The Morgan fingerprint density at radius 2 is 1.78 bits per heavy atom. The molecule has 2 aromatic carbocycles. The van der Waals surface area contributed by atoms with Gasteiger partial charge in [-0.2, -0.15) is 5.10 Å². The van der Waals surface area contributed by atoms with E-state index < -0.39 is 9.84 Å². The normalized spacial score (nSPS) is 16.1. The maximum Gasteiger partial charge on any atom is 0.233 e. The molecule has 0 radical (unpaired) electrons. The SMILES string of the molecule is CS(=O)(=O)c1ccc(Oc2ncnc3c2cnn3C2CCN(C(CC=O)c3ccccc3)CC2)cc1. The van der Waals surface area contributed by atoms with Crippen LogP contribution in [0.15, 0.2) is 72.0 Å². The first-order valence-corrected chi connectivity index (χ1v) is 13.7. The number of aromatic nitrogens is 4. The second kappa shape index (κ2) is 10.2. The number of nitrogens with zero attached hydrogens (tertiary/aromatic N) is 5. The predicted molar refractivity (Wildman–Crippen MR) is 135 cm³/mol. The number of hydrogen-bond donors (Lipinski definition) is 0. The first-order valence-electron chi connectivity index (χ1n) is 11.8. The molecular formula is C26H27N5O4S. The minimum absolute atomic E-state index is 0.0791. The number of likely N-dealkylation sites (tertiary alicyclic amines) is 1. The molecular weight excluding hydrogens is 478 g/mol. The van der Waals surface area contributed by atoms with E-state index in [9.17, 15) is 13.2 Å². The highest BCUT2D eigenvalue weighted by molar-refractivity contribution is 7.90. The van der Waals surface area contributed by atoms with Gasteiger partial charge < -0.3 is 9.53 Å². The van der Waals surface area contributed by atoms with Crippen LogP contribution < -0.4 is 4.74 Å². The lowest BCUT2D eigenvalue weighted by Crippen LogP contribution is -2.38. The van der Waals surface area contributed by atoms with Crippen molar-refractivity contribution in [2.75, 3.05) is 19.3 Å². The second-order valence-electron chi connectivity index (χ2n) is 8.95. The van der Waals surface area contributed by atoms with E-state index in [2.05, 4.69) is 32.1 Å². The summed E-state index contributed by atoms with van der Waals surface area (Å²) in [5, 5.41) is 5.30. The Bertz CT molecular complexity index is 1450. The van der Waals surface area contributed by atoms with E-state index in [-0.39, 0.29) is 17.0 Å². The van der Waals surface area contributed by atoms with Gasteiger partial charge in [0.05, 0.1) is 17.1 Å². The Hall–Kier alpha value is -3.63. The molecule has 0 aliphatic carbocycles. The lowest BCUT2D eigenvalue weighted by molar-refractivity contribution is -0.109. The van der Waals surface area contributed by atoms with Gasteiger partial charge in [0.2, 0.25) is 5.88 Å². The molecule has 1 aliphatic heterocycles. The number of piperidine rings is 1. The number of aldehydes is 1. The average molecular weight is 506 g/mol. The Morgan fingerprint density at radius 1 is 1.06 bits per heavy atom. The molecule has 2 aromatic heterocycles. The van der Waals surface area contributed by atoms with Crippen molar-refractivity contribution in [2.45, 2.75) is 36.2 Å². The largest absolute Gasteiger partial charge is 0.438 e. The van der Waals surface area contributed by atoms with E-state index >= 15 is 0 Å². The minimum atomic E-state index is -3.28. The molecule has 0 amide bonds. The Kier molecular flexibility index (Phi) is 6.80. The van der Waals surface area contributed by atoms with Gasteiger partial charge in [-0.3, -0.25) is 4.90 Å². The van der Waals surface area contributed by atoms with Crippen LogP contribution in [0.2, 0.25) is 0 Å². The monoisotopic (exact) mass is 505 g/mol. The highest BCUT2D eigenvalue weighted by atomic mass is 32.2. The molecule has 0 N–H and O–H groups in total. The van der Waals surface area contributed by atoms with E-state index in [4.69, 9.17) is 4.74 Å². The quantitative estimate of drug-likeness (QED) is 0.331. The zero-order valence-electron chi connectivity index (χ0n) is 19.9. The number of carbonyl (C=O) groups is 1. The van der Waals surface area contributed by atoms with Crippen LogP contribution in [0.25, 0.3) is 11.0 Å². The first-order chi connectivity index (χ1) is 17.4. The molecule has 0 saturated carbocycles. The first kappa shape index (κ1) is 24.1. The van der Waals surface area contributed by atoms with Gasteiger partial charge in [0, 0.05) is 31.8 Å². The van der Waals surface area contributed by atoms with E-state index in [0.717, 1.165) is 37.8 Å². The number of fused-ring (bicyclic) bond motifs is 1. The fourth-order valence-electron chi connectivity index (χ4n) is 4.76. The fraction of sp³-hybridized carbons (Fsp3) is 0.308. The highest BCUT2D eigenvalue weighted by Gasteiger charge is 2.28. The Morgan fingerprint density at radius 3 is 2.44 bits per heavy atom. The van der Waals surface area contributed by atoms with Gasteiger partial charge >= 0.3 is 0 Å². The number of benzene rings is 2. The zero-order chi connectivity index (χ0) is 25.1. The number of rotatable bonds is 8. The molecule has 0 spiro atoms. The van der Waals surface area contributed by atoms with Crippen LogP contribution in [-0.2, 0) is 14.6 Å².